The van der Waals surface area contributed by atoms with Crippen LogP contribution < -0.4 is 16.0 Å². The molecule has 1 aromatic rings. The fourth-order valence-corrected chi connectivity index (χ4v) is 1.38. The third-order valence-electron chi connectivity index (χ3n) is 2.28. The number of hydrogen-bond acceptors (Lipinski definition) is 6. The SMILES string of the molecule is CCc1c(NN)ncnc1OC1COC1. The van der Waals surface area contributed by atoms with Crippen molar-refractivity contribution in [2.45, 2.75) is 19.4 Å². The Bertz CT molecular complexity index is 341. The van der Waals surface area contributed by atoms with Crippen molar-refractivity contribution in [3.05, 3.63) is 11.9 Å². The van der Waals surface area contributed by atoms with Crippen LogP contribution >= 0.6 is 0 Å². The molecule has 2 rings (SSSR count). The van der Waals surface area contributed by atoms with Gasteiger partial charge in [0, 0.05) is 0 Å². The largest absolute Gasteiger partial charge is 0.469 e. The lowest BCUT2D eigenvalue weighted by Gasteiger charge is -2.27. The predicted molar refractivity (Wildman–Crippen MR) is 54.5 cm³/mol. The third-order valence-corrected chi connectivity index (χ3v) is 2.28. The van der Waals surface area contributed by atoms with E-state index in [1.807, 2.05) is 6.92 Å². The van der Waals surface area contributed by atoms with Gasteiger partial charge < -0.3 is 14.9 Å². The van der Waals surface area contributed by atoms with Crippen LogP contribution in [0.25, 0.3) is 0 Å². The lowest BCUT2D eigenvalue weighted by atomic mass is 10.2. The van der Waals surface area contributed by atoms with E-state index < -0.39 is 0 Å². The van der Waals surface area contributed by atoms with Crippen molar-refractivity contribution < 1.29 is 9.47 Å². The Morgan fingerprint density at radius 2 is 2.40 bits per heavy atom. The molecule has 1 aliphatic heterocycles. The second-order valence-corrected chi connectivity index (χ2v) is 3.28. The summed E-state index contributed by atoms with van der Waals surface area (Å²) in [5.74, 6) is 6.56. The van der Waals surface area contributed by atoms with Crippen LogP contribution in [0.2, 0.25) is 0 Å². The molecule has 0 amide bonds. The van der Waals surface area contributed by atoms with Crippen molar-refractivity contribution >= 4 is 5.82 Å². The van der Waals surface area contributed by atoms with Gasteiger partial charge >= 0.3 is 0 Å². The zero-order chi connectivity index (χ0) is 10.7. The first-order chi connectivity index (χ1) is 7.35. The van der Waals surface area contributed by atoms with Crippen LogP contribution in [0.4, 0.5) is 5.82 Å². The molecular weight excluding hydrogens is 196 g/mol. The quantitative estimate of drug-likeness (QED) is 0.542. The van der Waals surface area contributed by atoms with E-state index in [0.29, 0.717) is 24.9 Å². The fraction of sp³-hybridized carbons (Fsp3) is 0.556. The number of nitrogens with zero attached hydrogens (tertiary/aromatic N) is 2. The van der Waals surface area contributed by atoms with Gasteiger partial charge in [-0.1, -0.05) is 6.92 Å². The number of nitrogens with two attached hydrogens (primary N) is 1. The maximum absolute atomic E-state index is 5.64. The smallest absolute Gasteiger partial charge is 0.222 e. The molecule has 1 saturated heterocycles. The average Bonchev–Trinajstić information content (AvgIpc) is 2.22. The zero-order valence-electron chi connectivity index (χ0n) is 8.56. The van der Waals surface area contributed by atoms with Crippen LogP contribution in [0.15, 0.2) is 6.33 Å². The minimum atomic E-state index is 0.107. The lowest BCUT2D eigenvalue weighted by molar-refractivity contribution is -0.0816. The minimum Gasteiger partial charge on any atom is -0.469 e. The summed E-state index contributed by atoms with van der Waals surface area (Å²) in [6.07, 6.45) is 2.31. The van der Waals surface area contributed by atoms with E-state index in [0.717, 1.165) is 12.0 Å². The molecule has 0 saturated carbocycles. The van der Waals surface area contributed by atoms with E-state index in [2.05, 4.69) is 15.4 Å². The molecule has 0 aliphatic carbocycles. The molecule has 0 atom stereocenters. The number of hydrazine groups is 1. The predicted octanol–water partition coefficient (Wildman–Crippen LogP) is 0.102. The first-order valence-corrected chi connectivity index (χ1v) is 4.90. The topological polar surface area (TPSA) is 82.3 Å². The summed E-state index contributed by atoms with van der Waals surface area (Å²) >= 11 is 0. The molecule has 1 aliphatic rings. The number of anilines is 1. The number of nitrogens with one attached hydrogen (secondary N) is 1. The van der Waals surface area contributed by atoms with Crippen LogP contribution in [0.1, 0.15) is 12.5 Å². The summed E-state index contributed by atoms with van der Waals surface area (Å²) in [5.41, 5.74) is 3.43. The summed E-state index contributed by atoms with van der Waals surface area (Å²) in [6, 6.07) is 0. The van der Waals surface area contributed by atoms with Gasteiger partial charge in [0.25, 0.3) is 0 Å². The van der Waals surface area contributed by atoms with Gasteiger partial charge in [-0.15, -0.1) is 0 Å². The highest BCUT2D eigenvalue weighted by molar-refractivity contribution is 5.47. The summed E-state index contributed by atoms with van der Waals surface area (Å²) in [7, 11) is 0. The first kappa shape index (κ1) is 10.1. The Kier molecular flexibility index (Phi) is 2.98. The van der Waals surface area contributed by atoms with Crippen molar-refractivity contribution in [2.75, 3.05) is 18.6 Å². The van der Waals surface area contributed by atoms with Crippen LogP contribution in [0.3, 0.4) is 0 Å². The number of nitrogen functional groups attached to an aromatic ring is 1. The molecule has 1 fully saturated rings. The highest BCUT2D eigenvalue weighted by atomic mass is 16.6. The Morgan fingerprint density at radius 1 is 1.60 bits per heavy atom. The lowest BCUT2D eigenvalue weighted by Crippen LogP contribution is -2.39. The van der Waals surface area contributed by atoms with Gasteiger partial charge in [0.2, 0.25) is 5.88 Å². The Hall–Kier alpha value is -1.40. The number of hydrogen-bond donors (Lipinski definition) is 2. The molecular formula is C9H14N4O2. The second kappa shape index (κ2) is 4.41. The summed E-state index contributed by atoms with van der Waals surface area (Å²) < 4.78 is 10.7. The van der Waals surface area contributed by atoms with E-state index >= 15 is 0 Å². The molecule has 0 radical (unpaired) electrons. The van der Waals surface area contributed by atoms with E-state index in [9.17, 15) is 0 Å². The van der Waals surface area contributed by atoms with Gasteiger partial charge in [0.15, 0.2) is 0 Å². The van der Waals surface area contributed by atoms with Crippen molar-refractivity contribution in [1.82, 2.24) is 9.97 Å². The molecule has 3 N–H and O–H groups in total. The molecule has 0 unspecified atom stereocenters. The normalized spacial score (nSPS) is 15.9. The highest BCUT2D eigenvalue weighted by Crippen LogP contribution is 2.23. The van der Waals surface area contributed by atoms with Gasteiger partial charge in [-0.2, -0.15) is 0 Å². The Balaban J connectivity index is 2.20. The van der Waals surface area contributed by atoms with E-state index in [1.54, 1.807) is 0 Å². The standard InChI is InChI=1S/C9H14N4O2/c1-2-7-8(13-10)11-5-12-9(7)15-6-3-14-4-6/h5-6H,2-4,10H2,1H3,(H,11,12,13). The Labute approximate surface area is 87.8 Å². The van der Waals surface area contributed by atoms with Gasteiger partial charge in [0.05, 0.1) is 18.8 Å². The molecule has 0 bridgehead atoms. The van der Waals surface area contributed by atoms with E-state index in [-0.39, 0.29) is 6.10 Å². The average molecular weight is 210 g/mol. The molecule has 82 valence electrons. The van der Waals surface area contributed by atoms with E-state index in [1.165, 1.54) is 6.33 Å². The van der Waals surface area contributed by atoms with Crippen LogP contribution in [-0.2, 0) is 11.2 Å². The second-order valence-electron chi connectivity index (χ2n) is 3.28. The van der Waals surface area contributed by atoms with Gasteiger partial charge in [0.1, 0.15) is 18.2 Å². The van der Waals surface area contributed by atoms with Gasteiger partial charge in [-0.3, -0.25) is 0 Å². The van der Waals surface area contributed by atoms with Crippen molar-refractivity contribution in [1.29, 1.82) is 0 Å². The monoisotopic (exact) mass is 210 g/mol. The van der Waals surface area contributed by atoms with Crippen molar-refractivity contribution in [2.24, 2.45) is 5.84 Å². The summed E-state index contributed by atoms with van der Waals surface area (Å²) in [4.78, 5) is 8.12. The van der Waals surface area contributed by atoms with Crippen LogP contribution in [0.5, 0.6) is 5.88 Å². The van der Waals surface area contributed by atoms with Crippen LogP contribution in [-0.4, -0.2) is 29.3 Å². The van der Waals surface area contributed by atoms with Crippen molar-refractivity contribution in [3.8, 4) is 5.88 Å². The first-order valence-electron chi connectivity index (χ1n) is 4.90. The summed E-state index contributed by atoms with van der Waals surface area (Å²) in [5, 5.41) is 0. The van der Waals surface area contributed by atoms with Gasteiger partial charge in [-0.25, -0.2) is 15.8 Å². The summed E-state index contributed by atoms with van der Waals surface area (Å²) in [6.45, 7) is 3.25. The van der Waals surface area contributed by atoms with Crippen molar-refractivity contribution in [3.63, 3.8) is 0 Å². The fourth-order valence-electron chi connectivity index (χ4n) is 1.38. The van der Waals surface area contributed by atoms with Crippen LogP contribution in [0, 0.1) is 0 Å². The van der Waals surface area contributed by atoms with Gasteiger partial charge in [-0.05, 0) is 6.42 Å². The highest BCUT2D eigenvalue weighted by Gasteiger charge is 2.22. The maximum Gasteiger partial charge on any atom is 0.222 e. The van der Waals surface area contributed by atoms with E-state index in [4.69, 9.17) is 15.3 Å². The molecule has 15 heavy (non-hydrogen) atoms. The minimum absolute atomic E-state index is 0.107. The molecule has 0 aromatic carbocycles. The molecule has 6 nitrogen and oxygen atoms in total. The third kappa shape index (κ3) is 2.00. The number of ether oxygens (including phenoxy) is 2. The molecule has 2 heterocycles. The maximum atomic E-state index is 5.64. The molecule has 1 aromatic heterocycles. The molecule has 6 heteroatoms. The number of aromatic nitrogens is 2. The molecule has 0 spiro atoms. The number of rotatable bonds is 4. The zero-order valence-corrected chi connectivity index (χ0v) is 8.56. The Morgan fingerprint density at radius 3 is 2.93 bits per heavy atom.